The molecule has 7 heteroatoms. The van der Waals surface area contributed by atoms with Crippen LogP contribution in [0.4, 0.5) is 0 Å². The van der Waals surface area contributed by atoms with Crippen LogP contribution in [0.25, 0.3) is 0 Å². The van der Waals surface area contributed by atoms with Crippen molar-refractivity contribution in [2.75, 3.05) is 5.88 Å². The largest absolute Gasteiger partial charge is 0.274 e. The highest BCUT2D eigenvalue weighted by Crippen LogP contribution is 2.10. The molecule has 1 heterocycles. The molecule has 0 spiro atoms. The van der Waals surface area contributed by atoms with Gasteiger partial charge in [0.05, 0.1) is 6.20 Å². The van der Waals surface area contributed by atoms with Crippen molar-refractivity contribution in [2.45, 2.75) is 17.4 Å². The number of aryl methyl sites for hydroxylation is 1. The van der Waals surface area contributed by atoms with E-state index in [0.717, 1.165) is 5.56 Å². The van der Waals surface area contributed by atoms with Crippen LogP contribution in [0.2, 0.25) is 0 Å². The lowest BCUT2D eigenvalue weighted by Crippen LogP contribution is -2.37. The third kappa shape index (κ3) is 3.82. The lowest BCUT2D eigenvalue weighted by molar-refractivity contribution is 0.561. The van der Waals surface area contributed by atoms with Gasteiger partial charge in [-0.15, -0.1) is 11.6 Å². The molecule has 0 radical (unpaired) electrons. The van der Waals surface area contributed by atoms with Gasteiger partial charge in [-0.2, -0.15) is 5.10 Å². The van der Waals surface area contributed by atoms with Gasteiger partial charge in [-0.05, 0) is 12.0 Å². The van der Waals surface area contributed by atoms with Crippen LogP contribution in [-0.4, -0.2) is 30.1 Å². The van der Waals surface area contributed by atoms with Crippen LogP contribution in [0.15, 0.2) is 47.6 Å². The molecule has 2 aromatic rings. The zero-order valence-corrected chi connectivity index (χ0v) is 12.6. The highest BCUT2D eigenvalue weighted by Gasteiger charge is 2.21. The number of rotatable bonds is 6. The van der Waals surface area contributed by atoms with Crippen LogP contribution in [0.5, 0.6) is 0 Å². The maximum absolute atomic E-state index is 12.2. The van der Waals surface area contributed by atoms with Gasteiger partial charge in [-0.25, -0.2) is 13.1 Å². The third-order valence-corrected chi connectivity index (χ3v) is 4.67. The summed E-state index contributed by atoms with van der Waals surface area (Å²) in [4.78, 5) is 0.142. The maximum atomic E-state index is 12.2. The Morgan fingerprint density at radius 1 is 1.35 bits per heavy atom. The molecule has 2 rings (SSSR count). The smallest absolute Gasteiger partial charge is 0.243 e. The minimum atomic E-state index is -3.59. The molecule has 1 aromatic heterocycles. The molecule has 0 aliphatic heterocycles. The number of sulfonamides is 1. The van der Waals surface area contributed by atoms with Crippen molar-refractivity contribution in [1.29, 1.82) is 0 Å². The molecule has 0 amide bonds. The van der Waals surface area contributed by atoms with Gasteiger partial charge in [0.15, 0.2) is 0 Å². The molecular formula is C13H16ClN3O2S. The van der Waals surface area contributed by atoms with E-state index in [-0.39, 0.29) is 16.8 Å². The quantitative estimate of drug-likeness (QED) is 0.823. The van der Waals surface area contributed by atoms with E-state index in [1.54, 1.807) is 7.05 Å². The van der Waals surface area contributed by atoms with Crippen LogP contribution < -0.4 is 4.72 Å². The minimum Gasteiger partial charge on any atom is -0.274 e. The van der Waals surface area contributed by atoms with E-state index in [0.29, 0.717) is 6.42 Å². The molecule has 0 aliphatic carbocycles. The van der Waals surface area contributed by atoms with Crippen LogP contribution in [-0.2, 0) is 23.5 Å². The van der Waals surface area contributed by atoms with Crippen LogP contribution in [0.3, 0.4) is 0 Å². The molecule has 0 bridgehead atoms. The molecule has 1 aromatic carbocycles. The number of halogens is 1. The Morgan fingerprint density at radius 3 is 2.60 bits per heavy atom. The van der Waals surface area contributed by atoms with Crippen LogP contribution in [0.1, 0.15) is 5.56 Å². The van der Waals surface area contributed by atoms with Gasteiger partial charge in [-0.1, -0.05) is 30.3 Å². The molecule has 1 atom stereocenters. The summed E-state index contributed by atoms with van der Waals surface area (Å²) in [5.74, 6) is 0.203. The Labute approximate surface area is 123 Å². The van der Waals surface area contributed by atoms with E-state index < -0.39 is 10.0 Å². The molecule has 0 fully saturated rings. The zero-order valence-electron chi connectivity index (χ0n) is 11.0. The molecule has 20 heavy (non-hydrogen) atoms. The summed E-state index contributed by atoms with van der Waals surface area (Å²) in [6.45, 7) is 0. The summed E-state index contributed by atoms with van der Waals surface area (Å²) < 4.78 is 28.4. The molecule has 0 saturated heterocycles. The second-order valence-electron chi connectivity index (χ2n) is 4.51. The number of benzene rings is 1. The Kier molecular flexibility index (Phi) is 4.80. The number of nitrogens with one attached hydrogen (secondary N) is 1. The first-order valence-electron chi connectivity index (χ1n) is 6.12. The fourth-order valence-electron chi connectivity index (χ4n) is 1.85. The van der Waals surface area contributed by atoms with Crippen molar-refractivity contribution in [1.82, 2.24) is 14.5 Å². The average Bonchev–Trinajstić information content (AvgIpc) is 2.86. The molecular weight excluding hydrogens is 298 g/mol. The zero-order chi connectivity index (χ0) is 14.6. The van der Waals surface area contributed by atoms with Gasteiger partial charge in [-0.3, -0.25) is 4.68 Å². The number of aromatic nitrogens is 2. The van der Waals surface area contributed by atoms with E-state index in [2.05, 4.69) is 9.82 Å². The predicted octanol–water partition coefficient (Wildman–Crippen LogP) is 1.55. The van der Waals surface area contributed by atoms with Gasteiger partial charge in [0.1, 0.15) is 4.90 Å². The van der Waals surface area contributed by atoms with Crippen molar-refractivity contribution < 1.29 is 8.42 Å². The van der Waals surface area contributed by atoms with E-state index in [1.165, 1.54) is 17.1 Å². The highest BCUT2D eigenvalue weighted by atomic mass is 35.5. The van der Waals surface area contributed by atoms with E-state index >= 15 is 0 Å². The van der Waals surface area contributed by atoms with Crippen molar-refractivity contribution in [3.05, 3.63) is 48.3 Å². The average molecular weight is 314 g/mol. The van der Waals surface area contributed by atoms with Gasteiger partial charge < -0.3 is 0 Å². The third-order valence-electron chi connectivity index (χ3n) is 2.82. The Bertz CT molecular complexity index is 655. The summed E-state index contributed by atoms with van der Waals surface area (Å²) in [5.41, 5.74) is 1.03. The first kappa shape index (κ1) is 15.0. The Morgan fingerprint density at radius 2 is 2.05 bits per heavy atom. The lowest BCUT2D eigenvalue weighted by atomic mass is 10.1. The fourth-order valence-corrected chi connectivity index (χ4v) is 3.35. The van der Waals surface area contributed by atoms with Crippen LogP contribution in [0, 0.1) is 0 Å². The SMILES string of the molecule is Cn1cc(S(=O)(=O)NC(CCl)Cc2ccccc2)cn1. The summed E-state index contributed by atoms with van der Waals surface area (Å²) in [7, 11) is -1.92. The molecule has 0 aliphatic rings. The van der Waals surface area contributed by atoms with Crippen molar-refractivity contribution in [2.24, 2.45) is 7.05 Å². The topological polar surface area (TPSA) is 64.0 Å². The Hall–Kier alpha value is -1.37. The van der Waals surface area contributed by atoms with Gasteiger partial charge in [0.2, 0.25) is 10.0 Å². The normalized spacial score (nSPS) is 13.3. The number of nitrogens with zero attached hydrogens (tertiary/aromatic N) is 2. The molecule has 0 saturated carbocycles. The molecule has 5 nitrogen and oxygen atoms in total. The highest BCUT2D eigenvalue weighted by molar-refractivity contribution is 7.89. The summed E-state index contributed by atoms with van der Waals surface area (Å²) in [6.07, 6.45) is 3.32. The minimum absolute atomic E-state index is 0.142. The van der Waals surface area contributed by atoms with Gasteiger partial charge >= 0.3 is 0 Å². The van der Waals surface area contributed by atoms with Gasteiger partial charge in [0.25, 0.3) is 0 Å². The number of hydrogen-bond acceptors (Lipinski definition) is 3. The second kappa shape index (κ2) is 6.39. The molecule has 1 N–H and O–H groups in total. The lowest BCUT2D eigenvalue weighted by Gasteiger charge is -2.15. The van der Waals surface area contributed by atoms with E-state index in [9.17, 15) is 8.42 Å². The molecule has 108 valence electrons. The van der Waals surface area contributed by atoms with Gasteiger partial charge in [0, 0.05) is 25.2 Å². The number of hydrogen-bond donors (Lipinski definition) is 1. The standard InChI is InChI=1S/C13H16ClN3O2S/c1-17-10-13(9-15-17)20(18,19)16-12(8-14)7-11-5-3-2-4-6-11/h2-6,9-10,12,16H,7-8H2,1H3. The van der Waals surface area contributed by atoms with E-state index in [1.807, 2.05) is 30.3 Å². The Balaban J connectivity index is 2.10. The summed E-state index contributed by atoms with van der Waals surface area (Å²) in [6, 6.07) is 9.27. The monoisotopic (exact) mass is 313 g/mol. The van der Waals surface area contributed by atoms with Crippen molar-refractivity contribution >= 4 is 21.6 Å². The fraction of sp³-hybridized carbons (Fsp3) is 0.308. The van der Waals surface area contributed by atoms with E-state index in [4.69, 9.17) is 11.6 Å². The first-order valence-corrected chi connectivity index (χ1v) is 8.14. The number of alkyl halides is 1. The molecule has 1 unspecified atom stereocenters. The summed E-state index contributed by atoms with van der Waals surface area (Å²) >= 11 is 5.87. The predicted molar refractivity (Wildman–Crippen MR) is 78.2 cm³/mol. The van der Waals surface area contributed by atoms with Crippen molar-refractivity contribution in [3.8, 4) is 0 Å². The first-order chi connectivity index (χ1) is 9.51. The van der Waals surface area contributed by atoms with Crippen molar-refractivity contribution in [3.63, 3.8) is 0 Å². The summed E-state index contributed by atoms with van der Waals surface area (Å²) in [5, 5.41) is 3.86. The second-order valence-corrected chi connectivity index (χ2v) is 6.53. The maximum Gasteiger partial charge on any atom is 0.243 e. The van der Waals surface area contributed by atoms with Crippen LogP contribution >= 0.6 is 11.6 Å².